The molecule has 0 radical (unpaired) electrons. The van der Waals surface area contributed by atoms with Gasteiger partial charge in [0.25, 0.3) is 0 Å². The Labute approximate surface area is 205 Å². The minimum atomic E-state index is -4.47. The fraction of sp³-hybridized carbons (Fsp3) is 0.429. The summed E-state index contributed by atoms with van der Waals surface area (Å²) >= 11 is 0. The SMILES string of the molecule is CCCCCCCCCc1cc(S(=O)(=O)[O-])ccc1Oc1ccccc1.[K+]. The maximum atomic E-state index is 11.3. The van der Waals surface area contributed by atoms with Gasteiger partial charge in [-0.05, 0) is 48.7 Å². The van der Waals surface area contributed by atoms with Crippen molar-refractivity contribution in [2.45, 2.75) is 63.2 Å². The van der Waals surface area contributed by atoms with Gasteiger partial charge in [-0.2, -0.15) is 0 Å². The van der Waals surface area contributed by atoms with Crippen LogP contribution in [0.1, 0.15) is 57.4 Å². The molecule has 0 aromatic heterocycles. The van der Waals surface area contributed by atoms with E-state index in [1.54, 1.807) is 6.07 Å². The summed E-state index contributed by atoms with van der Waals surface area (Å²) in [5.41, 5.74) is 0.763. The van der Waals surface area contributed by atoms with Crippen LogP contribution < -0.4 is 56.1 Å². The molecule has 0 aliphatic rings. The summed E-state index contributed by atoms with van der Waals surface area (Å²) in [6.45, 7) is 2.20. The first kappa shape index (κ1) is 24.8. The molecule has 0 aliphatic heterocycles. The van der Waals surface area contributed by atoms with Gasteiger partial charge in [0.2, 0.25) is 0 Å². The Morgan fingerprint density at radius 3 is 2.15 bits per heavy atom. The van der Waals surface area contributed by atoms with E-state index < -0.39 is 10.1 Å². The van der Waals surface area contributed by atoms with Gasteiger partial charge in [0.15, 0.2) is 0 Å². The zero-order chi connectivity index (χ0) is 18.8. The van der Waals surface area contributed by atoms with Gasteiger partial charge in [-0.15, -0.1) is 0 Å². The van der Waals surface area contributed by atoms with Crippen LogP contribution in [0.2, 0.25) is 0 Å². The Bertz CT molecular complexity index is 776. The van der Waals surface area contributed by atoms with Gasteiger partial charge in [-0.3, -0.25) is 0 Å². The largest absolute Gasteiger partial charge is 1.00 e. The number of rotatable bonds is 11. The van der Waals surface area contributed by atoms with Crippen molar-refractivity contribution in [3.05, 3.63) is 54.1 Å². The van der Waals surface area contributed by atoms with Crippen molar-refractivity contribution >= 4 is 10.1 Å². The Kier molecular flexibility index (Phi) is 12.0. The molecule has 0 atom stereocenters. The topological polar surface area (TPSA) is 66.4 Å². The van der Waals surface area contributed by atoms with Crippen LogP contribution >= 0.6 is 0 Å². The molecular weight excluding hydrogens is 387 g/mol. The minimum absolute atomic E-state index is 0. The first-order chi connectivity index (χ1) is 12.5. The van der Waals surface area contributed by atoms with Gasteiger partial charge in [0.1, 0.15) is 21.6 Å². The van der Waals surface area contributed by atoms with Gasteiger partial charge in [-0.25, -0.2) is 8.42 Å². The fourth-order valence-corrected chi connectivity index (χ4v) is 3.42. The third-order valence-electron chi connectivity index (χ3n) is 4.34. The predicted octanol–water partition coefficient (Wildman–Crippen LogP) is 2.68. The zero-order valence-electron chi connectivity index (χ0n) is 16.3. The van der Waals surface area contributed by atoms with Crippen molar-refractivity contribution < 1.29 is 69.1 Å². The fourth-order valence-electron chi connectivity index (χ4n) is 2.89. The van der Waals surface area contributed by atoms with Crippen LogP contribution in [0.15, 0.2) is 53.4 Å². The number of aryl methyl sites for hydroxylation is 1. The maximum absolute atomic E-state index is 11.3. The van der Waals surface area contributed by atoms with Gasteiger partial charge < -0.3 is 9.29 Å². The molecule has 2 aromatic carbocycles. The van der Waals surface area contributed by atoms with E-state index in [9.17, 15) is 13.0 Å². The Balaban J connectivity index is 0.00000364. The van der Waals surface area contributed by atoms with Crippen molar-refractivity contribution in [1.29, 1.82) is 0 Å². The molecule has 0 N–H and O–H groups in total. The number of unbranched alkanes of at least 4 members (excludes halogenated alkanes) is 6. The third-order valence-corrected chi connectivity index (χ3v) is 5.17. The third kappa shape index (κ3) is 9.22. The van der Waals surface area contributed by atoms with Crippen LogP contribution in [0.3, 0.4) is 0 Å². The second kappa shape index (κ2) is 13.1. The molecule has 0 unspecified atom stereocenters. The van der Waals surface area contributed by atoms with Gasteiger partial charge in [0.05, 0.1) is 4.90 Å². The molecule has 0 aliphatic carbocycles. The van der Waals surface area contributed by atoms with Crippen LogP contribution in [0.4, 0.5) is 0 Å². The predicted molar refractivity (Wildman–Crippen MR) is 103 cm³/mol. The Morgan fingerprint density at radius 2 is 1.52 bits per heavy atom. The molecule has 27 heavy (non-hydrogen) atoms. The van der Waals surface area contributed by atoms with E-state index in [1.165, 1.54) is 44.2 Å². The molecule has 0 saturated carbocycles. The molecule has 0 amide bonds. The molecule has 0 heterocycles. The average molecular weight is 415 g/mol. The Morgan fingerprint density at radius 1 is 0.889 bits per heavy atom. The standard InChI is InChI=1S/C21H28O4S.K/c1-2-3-4-5-6-7-9-12-18-17-20(26(22,23)24)15-16-21(18)25-19-13-10-8-11-14-19;/h8,10-11,13-17H,2-7,9,12H2,1H3,(H,22,23,24);/q;+1/p-1. The molecule has 0 spiro atoms. The van der Waals surface area contributed by atoms with E-state index in [1.807, 2.05) is 30.3 Å². The average Bonchev–Trinajstić information content (AvgIpc) is 2.62. The van der Waals surface area contributed by atoms with Crippen molar-refractivity contribution in [3.63, 3.8) is 0 Å². The van der Waals surface area contributed by atoms with E-state index >= 15 is 0 Å². The first-order valence-corrected chi connectivity index (χ1v) is 10.7. The summed E-state index contributed by atoms with van der Waals surface area (Å²) in [6.07, 6.45) is 8.91. The minimum Gasteiger partial charge on any atom is -0.744 e. The smallest absolute Gasteiger partial charge is 0.744 e. The summed E-state index contributed by atoms with van der Waals surface area (Å²) in [5.74, 6) is 1.29. The Hall–Kier alpha value is -0.214. The van der Waals surface area contributed by atoms with Crippen LogP contribution in [0.25, 0.3) is 0 Å². The summed E-state index contributed by atoms with van der Waals surface area (Å²) in [7, 11) is -4.47. The normalized spacial score (nSPS) is 11.0. The summed E-state index contributed by atoms with van der Waals surface area (Å²) in [6, 6.07) is 13.7. The second-order valence-corrected chi connectivity index (χ2v) is 7.89. The van der Waals surface area contributed by atoms with Crippen molar-refractivity contribution in [1.82, 2.24) is 0 Å². The van der Waals surface area contributed by atoms with E-state index in [0.29, 0.717) is 17.9 Å². The van der Waals surface area contributed by atoms with Gasteiger partial charge in [0, 0.05) is 0 Å². The van der Waals surface area contributed by atoms with Crippen LogP contribution in [-0.2, 0) is 16.5 Å². The number of hydrogen-bond acceptors (Lipinski definition) is 4. The molecule has 2 rings (SSSR count). The van der Waals surface area contributed by atoms with Gasteiger partial charge in [-0.1, -0.05) is 63.6 Å². The summed E-state index contributed by atoms with van der Waals surface area (Å²) in [4.78, 5) is -0.198. The first-order valence-electron chi connectivity index (χ1n) is 9.32. The quantitative estimate of drug-likeness (QED) is 0.322. The molecule has 2 aromatic rings. The van der Waals surface area contributed by atoms with E-state index in [0.717, 1.165) is 18.4 Å². The number of hydrogen-bond donors (Lipinski definition) is 0. The number of benzene rings is 2. The molecule has 4 nitrogen and oxygen atoms in total. The van der Waals surface area contributed by atoms with E-state index in [-0.39, 0.29) is 56.3 Å². The molecule has 0 saturated heterocycles. The van der Waals surface area contributed by atoms with Crippen molar-refractivity contribution in [2.75, 3.05) is 0 Å². The summed E-state index contributed by atoms with van der Waals surface area (Å²) in [5, 5.41) is 0. The number of ether oxygens (including phenoxy) is 1. The van der Waals surface area contributed by atoms with Crippen molar-refractivity contribution in [2.24, 2.45) is 0 Å². The van der Waals surface area contributed by atoms with Crippen LogP contribution in [-0.4, -0.2) is 13.0 Å². The zero-order valence-corrected chi connectivity index (χ0v) is 20.3. The van der Waals surface area contributed by atoms with E-state index in [4.69, 9.17) is 4.74 Å². The van der Waals surface area contributed by atoms with Gasteiger partial charge >= 0.3 is 51.4 Å². The van der Waals surface area contributed by atoms with Crippen LogP contribution in [0.5, 0.6) is 11.5 Å². The molecule has 6 heteroatoms. The van der Waals surface area contributed by atoms with Crippen molar-refractivity contribution in [3.8, 4) is 11.5 Å². The maximum Gasteiger partial charge on any atom is 1.00 e. The monoisotopic (exact) mass is 414 g/mol. The number of para-hydroxylation sites is 1. The molecule has 0 bridgehead atoms. The molecule has 0 fully saturated rings. The molecular formula is C21H27KO4S. The van der Waals surface area contributed by atoms with Crippen LogP contribution in [0, 0.1) is 0 Å². The summed E-state index contributed by atoms with van der Waals surface area (Å²) < 4.78 is 39.9. The van der Waals surface area contributed by atoms with E-state index in [2.05, 4.69) is 6.92 Å². The molecule has 142 valence electrons. The second-order valence-electron chi connectivity index (χ2n) is 6.51.